The Morgan fingerprint density at radius 1 is 0.919 bits per heavy atom. The molecule has 1 aliphatic heterocycles. The van der Waals surface area contributed by atoms with Gasteiger partial charge in [-0.15, -0.1) is 0 Å². The first kappa shape index (κ1) is 24.4. The monoisotopic (exact) mass is 494 g/mol. The largest absolute Gasteiger partial charge is 0.338 e. The van der Waals surface area contributed by atoms with E-state index in [0.717, 1.165) is 22.3 Å². The summed E-state index contributed by atoms with van der Waals surface area (Å²) >= 11 is 0. The van der Waals surface area contributed by atoms with Crippen LogP contribution in [-0.4, -0.2) is 57.4 Å². The minimum atomic E-state index is -0.383. The highest BCUT2D eigenvalue weighted by Crippen LogP contribution is 2.29. The number of amides is 2. The summed E-state index contributed by atoms with van der Waals surface area (Å²) in [4.78, 5) is 35.0. The number of rotatable bonds is 6. The minimum Gasteiger partial charge on any atom is -0.338 e. The minimum absolute atomic E-state index is 0.0537. The van der Waals surface area contributed by atoms with Crippen LogP contribution in [-0.2, 0) is 16.0 Å². The molecule has 0 saturated carbocycles. The summed E-state index contributed by atoms with van der Waals surface area (Å²) in [5, 5.41) is 4.02. The number of aromatic nitrogens is 2. The second-order valence-electron chi connectivity index (χ2n) is 9.48. The van der Waals surface area contributed by atoms with Gasteiger partial charge in [0.25, 0.3) is 5.89 Å². The molecule has 5 rings (SSSR count). The molecule has 3 aromatic carbocycles. The van der Waals surface area contributed by atoms with Crippen molar-refractivity contribution in [2.45, 2.75) is 32.2 Å². The SMILES string of the molecule is Cc1ccccc1-c1nc(CC(=O)N2CCN(C(=O)C(c3ccccc3)c3ccccc3)[C@@H](C)C2)no1. The van der Waals surface area contributed by atoms with E-state index in [4.69, 9.17) is 4.52 Å². The Hall–Kier alpha value is -4.26. The third-order valence-electron chi connectivity index (χ3n) is 6.93. The fourth-order valence-electron chi connectivity index (χ4n) is 4.94. The predicted octanol–water partition coefficient (Wildman–Crippen LogP) is 4.48. The van der Waals surface area contributed by atoms with E-state index < -0.39 is 0 Å². The number of nitrogens with zero attached hydrogens (tertiary/aromatic N) is 4. The summed E-state index contributed by atoms with van der Waals surface area (Å²) in [6.45, 7) is 5.38. The number of hydrogen-bond donors (Lipinski definition) is 0. The summed E-state index contributed by atoms with van der Waals surface area (Å²) in [6, 6.07) is 27.4. The molecule has 1 aromatic heterocycles. The Labute approximate surface area is 216 Å². The maximum Gasteiger partial charge on any atom is 0.258 e. The molecule has 188 valence electrons. The molecule has 0 bridgehead atoms. The van der Waals surface area contributed by atoms with Crippen LogP contribution in [0.5, 0.6) is 0 Å². The number of benzene rings is 3. The van der Waals surface area contributed by atoms with Crippen molar-refractivity contribution in [2.24, 2.45) is 0 Å². The van der Waals surface area contributed by atoms with Gasteiger partial charge >= 0.3 is 0 Å². The first-order valence-corrected chi connectivity index (χ1v) is 12.6. The Morgan fingerprint density at radius 2 is 1.54 bits per heavy atom. The van der Waals surface area contributed by atoms with Gasteiger partial charge in [-0.05, 0) is 36.6 Å². The third kappa shape index (κ3) is 5.31. The van der Waals surface area contributed by atoms with E-state index >= 15 is 0 Å². The van der Waals surface area contributed by atoms with Gasteiger partial charge in [0.2, 0.25) is 11.8 Å². The van der Waals surface area contributed by atoms with Gasteiger partial charge in [0.15, 0.2) is 5.82 Å². The molecule has 37 heavy (non-hydrogen) atoms. The van der Waals surface area contributed by atoms with Crippen LogP contribution in [0.1, 0.15) is 35.4 Å². The average Bonchev–Trinajstić information content (AvgIpc) is 3.38. The van der Waals surface area contributed by atoms with Crippen molar-refractivity contribution < 1.29 is 14.1 Å². The number of carbonyl (C=O) groups is 2. The van der Waals surface area contributed by atoms with Gasteiger partial charge in [0, 0.05) is 31.2 Å². The van der Waals surface area contributed by atoms with Crippen LogP contribution < -0.4 is 0 Å². The van der Waals surface area contributed by atoms with Gasteiger partial charge < -0.3 is 14.3 Å². The van der Waals surface area contributed by atoms with E-state index in [2.05, 4.69) is 10.1 Å². The quantitative estimate of drug-likeness (QED) is 0.395. The van der Waals surface area contributed by atoms with Gasteiger partial charge in [-0.3, -0.25) is 9.59 Å². The molecular formula is C30H30N4O3. The normalized spacial score (nSPS) is 15.7. The van der Waals surface area contributed by atoms with Crippen LogP contribution in [0.15, 0.2) is 89.5 Å². The summed E-state index contributed by atoms with van der Waals surface area (Å²) in [7, 11) is 0. The van der Waals surface area contributed by atoms with Gasteiger partial charge in [-0.1, -0.05) is 84.0 Å². The van der Waals surface area contributed by atoms with Gasteiger partial charge in [0.05, 0.1) is 12.3 Å². The number of aryl methyl sites for hydroxylation is 1. The van der Waals surface area contributed by atoms with Crippen LogP contribution in [0.4, 0.5) is 0 Å². The molecule has 1 aliphatic rings. The first-order valence-electron chi connectivity index (χ1n) is 12.6. The Kier molecular flexibility index (Phi) is 7.12. The molecule has 7 nitrogen and oxygen atoms in total. The lowest BCUT2D eigenvalue weighted by molar-refractivity contribution is -0.142. The molecule has 1 saturated heterocycles. The van der Waals surface area contributed by atoms with Crippen LogP contribution >= 0.6 is 0 Å². The maximum atomic E-state index is 13.8. The van der Waals surface area contributed by atoms with Crippen molar-refractivity contribution in [3.8, 4) is 11.5 Å². The second kappa shape index (κ2) is 10.8. The van der Waals surface area contributed by atoms with Crippen molar-refractivity contribution in [3.05, 3.63) is 107 Å². The van der Waals surface area contributed by atoms with E-state index in [1.165, 1.54) is 0 Å². The van der Waals surface area contributed by atoms with E-state index in [-0.39, 0.29) is 30.2 Å². The highest BCUT2D eigenvalue weighted by molar-refractivity contribution is 5.88. The summed E-state index contributed by atoms with van der Waals surface area (Å²) in [5.74, 6) is 0.378. The van der Waals surface area contributed by atoms with Crippen LogP contribution in [0, 0.1) is 6.92 Å². The topological polar surface area (TPSA) is 79.5 Å². The highest BCUT2D eigenvalue weighted by atomic mass is 16.5. The lowest BCUT2D eigenvalue weighted by atomic mass is 9.89. The summed E-state index contributed by atoms with van der Waals surface area (Å²) in [6.07, 6.45) is 0.0622. The molecule has 2 heterocycles. The lowest BCUT2D eigenvalue weighted by Crippen LogP contribution is -2.56. The van der Waals surface area contributed by atoms with E-state index in [1.807, 2.05) is 104 Å². The zero-order valence-electron chi connectivity index (χ0n) is 21.1. The molecule has 0 spiro atoms. The molecule has 1 atom stereocenters. The van der Waals surface area contributed by atoms with E-state index in [1.54, 1.807) is 4.90 Å². The third-order valence-corrected chi connectivity index (χ3v) is 6.93. The number of piperazine rings is 1. The lowest BCUT2D eigenvalue weighted by Gasteiger charge is -2.41. The van der Waals surface area contributed by atoms with E-state index in [0.29, 0.717) is 31.3 Å². The molecule has 4 aromatic rings. The molecule has 0 aliphatic carbocycles. The number of carbonyl (C=O) groups excluding carboxylic acids is 2. The summed E-state index contributed by atoms with van der Waals surface area (Å²) in [5.41, 5.74) is 3.82. The van der Waals surface area contributed by atoms with E-state index in [9.17, 15) is 9.59 Å². The predicted molar refractivity (Wildman–Crippen MR) is 141 cm³/mol. The second-order valence-corrected chi connectivity index (χ2v) is 9.48. The highest BCUT2D eigenvalue weighted by Gasteiger charge is 2.35. The zero-order valence-corrected chi connectivity index (χ0v) is 21.1. The zero-order chi connectivity index (χ0) is 25.8. The van der Waals surface area contributed by atoms with Gasteiger partial charge in [-0.2, -0.15) is 4.98 Å². The Bertz CT molecular complexity index is 1330. The van der Waals surface area contributed by atoms with Crippen molar-refractivity contribution in [1.29, 1.82) is 0 Å². The Balaban J connectivity index is 1.26. The maximum absolute atomic E-state index is 13.8. The van der Waals surface area contributed by atoms with Crippen LogP contribution in [0.25, 0.3) is 11.5 Å². The molecule has 0 radical (unpaired) electrons. The molecule has 2 amide bonds. The molecule has 0 N–H and O–H groups in total. The van der Waals surface area contributed by atoms with Crippen LogP contribution in [0.2, 0.25) is 0 Å². The molecule has 1 fully saturated rings. The summed E-state index contributed by atoms with van der Waals surface area (Å²) < 4.78 is 5.42. The standard InChI is InChI=1S/C30H30N4O3/c1-21-11-9-10-16-25(21)29-31-26(32-37-29)19-27(35)33-17-18-34(22(2)20-33)30(36)28(23-12-5-3-6-13-23)24-14-7-4-8-15-24/h3-16,22,28H,17-20H2,1-2H3/t22-/m0/s1. The van der Waals surface area contributed by atoms with Crippen LogP contribution in [0.3, 0.4) is 0 Å². The fourth-order valence-corrected chi connectivity index (χ4v) is 4.94. The number of hydrogen-bond acceptors (Lipinski definition) is 5. The van der Waals surface area contributed by atoms with Crippen molar-refractivity contribution in [2.75, 3.05) is 19.6 Å². The molecular weight excluding hydrogens is 464 g/mol. The van der Waals surface area contributed by atoms with Crippen molar-refractivity contribution >= 4 is 11.8 Å². The van der Waals surface area contributed by atoms with Crippen molar-refractivity contribution in [3.63, 3.8) is 0 Å². The smallest absolute Gasteiger partial charge is 0.258 e. The van der Waals surface area contributed by atoms with Gasteiger partial charge in [0.1, 0.15) is 0 Å². The molecule has 0 unspecified atom stereocenters. The average molecular weight is 495 g/mol. The fraction of sp³-hybridized carbons (Fsp3) is 0.267. The first-order chi connectivity index (χ1) is 18.0. The van der Waals surface area contributed by atoms with Crippen molar-refractivity contribution in [1.82, 2.24) is 19.9 Å². The van der Waals surface area contributed by atoms with Gasteiger partial charge in [-0.25, -0.2) is 0 Å². The molecule has 7 heteroatoms. The Morgan fingerprint density at radius 3 is 2.16 bits per heavy atom.